The average Bonchev–Trinajstić information content (AvgIpc) is 3.88. The minimum Gasteiger partial charge on any atom is -0.452 e. The third kappa shape index (κ3) is 4.14. The lowest BCUT2D eigenvalue weighted by molar-refractivity contribution is 0.633. The summed E-state index contributed by atoms with van der Waals surface area (Å²) in [4.78, 5) is 14.9. The zero-order valence-electron chi connectivity index (χ0n) is 27.1. The van der Waals surface area contributed by atoms with Gasteiger partial charge in [0.25, 0.3) is 0 Å². The lowest BCUT2D eigenvalue weighted by Crippen LogP contribution is -2.00. The molecule has 11 aromatic rings. The molecule has 0 saturated heterocycles. The monoisotopic (exact) mass is 654 g/mol. The summed E-state index contributed by atoms with van der Waals surface area (Å²) in [5.41, 5.74) is 8.89. The molecule has 0 saturated carbocycles. The summed E-state index contributed by atoms with van der Waals surface area (Å²) in [6, 6.07) is 53.8. The van der Waals surface area contributed by atoms with Crippen LogP contribution in [0.25, 0.3) is 106 Å². The third-order valence-corrected chi connectivity index (χ3v) is 9.87. The van der Waals surface area contributed by atoms with E-state index in [-0.39, 0.29) is 0 Å². The summed E-state index contributed by atoms with van der Waals surface area (Å²) in [6.07, 6.45) is 0. The van der Waals surface area contributed by atoms with Gasteiger partial charge in [0.1, 0.15) is 11.2 Å². The first kappa shape index (κ1) is 27.9. The topological polar surface area (TPSA) is 69.9 Å². The zero-order chi connectivity index (χ0) is 33.5. The Morgan fingerprint density at radius 1 is 0.373 bits per heavy atom. The summed E-state index contributed by atoms with van der Waals surface area (Å²) in [5, 5.41) is 6.41. The van der Waals surface area contributed by atoms with Crippen LogP contribution in [0.5, 0.6) is 0 Å². The van der Waals surface area contributed by atoms with E-state index in [4.69, 9.17) is 23.8 Å². The average molecular weight is 655 g/mol. The van der Waals surface area contributed by atoms with Crippen molar-refractivity contribution in [1.82, 2.24) is 19.5 Å². The molecule has 238 valence electrons. The van der Waals surface area contributed by atoms with Crippen molar-refractivity contribution in [3.8, 4) is 39.9 Å². The minimum absolute atomic E-state index is 0.543. The largest absolute Gasteiger partial charge is 0.452 e. The van der Waals surface area contributed by atoms with Crippen LogP contribution in [0.3, 0.4) is 0 Å². The van der Waals surface area contributed by atoms with Gasteiger partial charge in [-0.05, 0) is 42.5 Å². The van der Waals surface area contributed by atoms with Gasteiger partial charge in [-0.3, -0.25) is 0 Å². The molecule has 51 heavy (non-hydrogen) atoms. The van der Waals surface area contributed by atoms with Crippen LogP contribution in [0.4, 0.5) is 0 Å². The second-order valence-corrected chi connectivity index (χ2v) is 12.8. The van der Waals surface area contributed by atoms with E-state index in [2.05, 4.69) is 83.4 Å². The predicted octanol–water partition coefficient (Wildman–Crippen LogP) is 11.8. The lowest BCUT2D eigenvalue weighted by atomic mass is 10.1. The Labute approximate surface area is 290 Å². The predicted molar refractivity (Wildman–Crippen MR) is 205 cm³/mol. The fourth-order valence-electron chi connectivity index (χ4n) is 7.59. The van der Waals surface area contributed by atoms with E-state index in [9.17, 15) is 0 Å². The molecule has 0 amide bonds. The number of hydrogen-bond acceptors (Lipinski definition) is 5. The summed E-state index contributed by atoms with van der Waals surface area (Å²) in [7, 11) is 0. The Kier molecular flexibility index (Phi) is 5.86. The molecule has 0 atom stereocenters. The number of aromatic nitrogens is 4. The molecule has 6 heteroatoms. The van der Waals surface area contributed by atoms with Crippen LogP contribution >= 0.6 is 0 Å². The first-order valence-corrected chi connectivity index (χ1v) is 17.0. The van der Waals surface area contributed by atoms with Crippen LogP contribution < -0.4 is 0 Å². The number of fused-ring (bicyclic) bond motifs is 10. The van der Waals surface area contributed by atoms with Gasteiger partial charge < -0.3 is 13.4 Å². The molecule has 4 aromatic heterocycles. The maximum absolute atomic E-state index is 6.84. The van der Waals surface area contributed by atoms with Crippen molar-refractivity contribution in [3.05, 3.63) is 158 Å². The molecule has 0 radical (unpaired) electrons. The van der Waals surface area contributed by atoms with Gasteiger partial charge >= 0.3 is 0 Å². The number of para-hydroxylation sites is 3. The van der Waals surface area contributed by atoms with Gasteiger partial charge in [-0.1, -0.05) is 115 Å². The summed E-state index contributed by atoms with van der Waals surface area (Å²) in [5.74, 6) is 1.75. The van der Waals surface area contributed by atoms with Crippen LogP contribution in [0.15, 0.2) is 167 Å². The smallest absolute Gasteiger partial charge is 0.178 e. The van der Waals surface area contributed by atoms with E-state index >= 15 is 0 Å². The fourth-order valence-corrected chi connectivity index (χ4v) is 7.59. The minimum atomic E-state index is 0.543. The van der Waals surface area contributed by atoms with Crippen LogP contribution in [0.1, 0.15) is 0 Å². The second kappa shape index (κ2) is 10.7. The summed E-state index contributed by atoms with van der Waals surface area (Å²) < 4.78 is 15.9. The van der Waals surface area contributed by atoms with Gasteiger partial charge in [0.2, 0.25) is 0 Å². The number of furan rings is 2. The SMILES string of the molecule is c1ccc(-c2nc(-c3ccccc3)nc(-c3cccc4c3oc3c4ccc4c3oc3cccc(-n5c6ccccc6c6ccccc65)c34)n2)cc1. The number of hydrogen-bond donors (Lipinski definition) is 0. The van der Waals surface area contributed by atoms with E-state index in [0.717, 1.165) is 60.5 Å². The van der Waals surface area contributed by atoms with Gasteiger partial charge in [-0.25, -0.2) is 15.0 Å². The molecule has 0 aliphatic heterocycles. The van der Waals surface area contributed by atoms with Crippen molar-refractivity contribution in [2.75, 3.05) is 0 Å². The van der Waals surface area contributed by atoms with Crippen LogP contribution in [0, 0.1) is 0 Å². The Morgan fingerprint density at radius 2 is 0.902 bits per heavy atom. The molecule has 11 rings (SSSR count). The highest BCUT2D eigenvalue weighted by molar-refractivity contribution is 6.22. The highest BCUT2D eigenvalue weighted by Gasteiger charge is 2.23. The molecular weight excluding hydrogens is 629 g/mol. The normalized spacial score (nSPS) is 11.9. The summed E-state index contributed by atoms with van der Waals surface area (Å²) in [6.45, 7) is 0. The van der Waals surface area contributed by atoms with Crippen LogP contribution in [0.2, 0.25) is 0 Å². The first-order chi connectivity index (χ1) is 25.3. The van der Waals surface area contributed by atoms with Gasteiger partial charge in [0.15, 0.2) is 28.6 Å². The van der Waals surface area contributed by atoms with E-state index in [1.54, 1.807) is 0 Å². The van der Waals surface area contributed by atoms with E-state index < -0.39 is 0 Å². The third-order valence-electron chi connectivity index (χ3n) is 9.87. The van der Waals surface area contributed by atoms with Crippen molar-refractivity contribution >= 4 is 65.7 Å². The van der Waals surface area contributed by atoms with E-state index in [1.807, 2.05) is 78.9 Å². The Morgan fingerprint density at radius 3 is 1.59 bits per heavy atom. The van der Waals surface area contributed by atoms with Crippen molar-refractivity contribution < 1.29 is 8.83 Å². The Bertz CT molecular complexity index is 3030. The maximum Gasteiger partial charge on any atom is 0.178 e. The van der Waals surface area contributed by atoms with E-state index in [1.165, 1.54) is 10.8 Å². The molecule has 7 aromatic carbocycles. The Balaban J connectivity index is 1.16. The molecule has 0 aliphatic carbocycles. The van der Waals surface area contributed by atoms with Gasteiger partial charge in [-0.15, -0.1) is 0 Å². The molecule has 0 bridgehead atoms. The van der Waals surface area contributed by atoms with Gasteiger partial charge in [0.05, 0.1) is 27.7 Å². The quantitative estimate of drug-likeness (QED) is 0.189. The molecule has 0 aliphatic rings. The highest BCUT2D eigenvalue weighted by Crippen LogP contribution is 2.44. The van der Waals surface area contributed by atoms with Gasteiger partial charge in [-0.2, -0.15) is 0 Å². The molecule has 0 fully saturated rings. The molecule has 0 N–H and O–H groups in total. The maximum atomic E-state index is 6.84. The molecule has 6 nitrogen and oxygen atoms in total. The van der Waals surface area contributed by atoms with Crippen molar-refractivity contribution in [3.63, 3.8) is 0 Å². The zero-order valence-corrected chi connectivity index (χ0v) is 27.1. The Hall–Kier alpha value is -7.05. The van der Waals surface area contributed by atoms with E-state index in [0.29, 0.717) is 34.2 Å². The summed E-state index contributed by atoms with van der Waals surface area (Å²) >= 11 is 0. The molecule has 0 unspecified atom stereocenters. The molecular formula is C45H26N4O2. The number of benzene rings is 7. The lowest BCUT2D eigenvalue weighted by Gasteiger charge is -2.09. The fraction of sp³-hybridized carbons (Fsp3) is 0. The number of rotatable bonds is 4. The first-order valence-electron chi connectivity index (χ1n) is 17.0. The van der Waals surface area contributed by atoms with Crippen molar-refractivity contribution in [2.45, 2.75) is 0 Å². The van der Waals surface area contributed by atoms with Crippen molar-refractivity contribution in [2.24, 2.45) is 0 Å². The molecule has 0 spiro atoms. The number of nitrogens with zero attached hydrogens (tertiary/aromatic N) is 4. The van der Waals surface area contributed by atoms with Gasteiger partial charge in [0, 0.05) is 38.1 Å². The van der Waals surface area contributed by atoms with Crippen LogP contribution in [-0.2, 0) is 0 Å². The van der Waals surface area contributed by atoms with Crippen molar-refractivity contribution in [1.29, 1.82) is 0 Å². The second-order valence-electron chi connectivity index (χ2n) is 12.8. The van der Waals surface area contributed by atoms with Crippen LogP contribution in [-0.4, -0.2) is 19.5 Å². The standard InChI is InChI=1S/C45H26N4O2/c1-3-13-27(14-4-1)43-46-44(28-15-5-2-6-16-28)48-45(47-43)34-20-11-19-31-32-25-26-33-39-37(23-12-24-38(39)50-42(33)41(32)51-40(31)34)49-35-21-9-7-17-29(35)30-18-8-10-22-36(30)49/h1-26H. The highest BCUT2D eigenvalue weighted by atomic mass is 16.4. The molecule has 4 heterocycles.